The maximum Gasteiger partial charge on any atom is 0.358 e. The largest absolute Gasteiger partial charge is 0.481 e. The van der Waals surface area contributed by atoms with E-state index in [0.717, 1.165) is 0 Å². The van der Waals surface area contributed by atoms with Crippen LogP contribution in [0.5, 0.6) is 5.88 Å². The van der Waals surface area contributed by atoms with Gasteiger partial charge in [-0.05, 0) is 6.07 Å². The number of aromatic nitrogens is 1. The van der Waals surface area contributed by atoms with Gasteiger partial charge in [-0.2, -0.15) is 0 Å². The highest BCUT2D eigenvalue weighted by Gasteiger charge is 2.25. The molecule has 0 unspecified atom stereocenters. The van der Waals surface area contributed by atoms with Crippen molar-refractivity contribution in [3.8, 4) is 5.88 Å². The van der Waals surface area contributed by atoms with E-state index in [2.05, 4.69) is 9.72 Å². The number of esters is 1. The van der Waals surface area contributed by atoms with E-state index < -0.39 is 12.3 Å². The third-order valence-corrected chi connectivity index (χ3v) is 2.54. The first-order chi connectivity index (χ1) is 8.67. The van der Waals surface area contributed by atoms with E-state index in [1.165, 1.54) is 32.8 Å². The smallest absolute Gasteiger partial charge is 0.358 e. The summed E-state index contributed by atoms with van der Waals surface area (Å²) in [5.74, 6) is -0.454. The van der Waals surface area contributed by atoms with Crippen molar-refractivity contribution in [3.05, 3.63) is 34.9 Å². The molecule has 1 aliphatic rings. The lowest BCUT2D eigenvalue weighted by Gasteiger charge is -2.14. The summed E-state index contributed by atoms with van der Waals surface area (Å²) in [4.78, 5) is 15.4. The molecule has 0 saturated heterocycles. The number of nitrogens with zero attached hydrogens (tertiary/aromatic N) is 1. The molecule has 2 heterocycles. The Labute approximate surface area is 108 Å². The van der Waals surface area contributed by atoms with E-state index in [1.807, 2.05) is 0 Å². The standard InChI is InChI=1S/C11H10ClNO5/c1-15-9-6(11-17-3-4-18-11)5-7(12)8(13-9)10(14)16-2/h3-5,11H,1-2H3. The highest BCUT2D eigenvalue weighted by Crippen LogP contribution is 2.33. The molecule has 1 aromatic heterocycles. The second kappa shape index (κ2) is 5.14. The van der Waals surface area contributed by atoms with Gasteiger partial charge in [0, 0.05) is 0 Å². The second-order valence-corrected chi connectivity index (χ2v) is 3.69. The van der Waals surface area contributed by atoms with Gasteiger partial charge in [-0.1, -0.05) is 11.6 Å². The van der Waals surface area contributed by atoms with Crippen LogP contribution in [0.2, 0.25) is 5.02 Å². The highest BCUT2D eigenvalue weighted by atomic mass is 35.5. The van der Waals surface area contributed by atoms with Crippen LogP contribution in [0.1, 0.15) is 22.3 Å². The van der Waals surface area contributed by atoms with E-state index in [-0.39, 0.29) is 16.6 Å². The van der Waals surface area contributed by atoms with Gasteiger partial charge in [0.25, 0.3) is 6.29 Å². The zero-order valence-corrected chi connectivity index (χ0v) is 10.4. The summed E-state index contributed by atoms with van der Waals surface area (Å²) in [6.07, 6.45) is 2.11. The van der Waals surface area contributed by atoms with Crippen LogP contribution in [0.15, 0.2) is 18.6 Å². The molecule has 2 rings (SSSR count). The number of methoxy groups -OCH3 is 2. The Morgan fingerprint density at radius 1 is 1.39 bits per heavy atom. The molecule has 0 amide bonds. The van der Waals surface area contributed by atoms with Gasteiger partial charge in [0.15, 0.2) is 5.69 Å². The maximum atomic E-state index is 11.4. The molecule has 0 aliphatic carbocycles. The summed E-state index contributed by atoms with van der Waals surface area (Å²) in [5, 5.41) is 0.136. The molecular weight excluding hydrogens is 262 g/mol. The van der Waals surface area contributed by atoms with Crippen LogP contribution in [-0.4, -0.2) is 25.2 Å². The molecule has 0 saturated carbocycles. The van der Waals surface area contributed by atoms with Gasteiger partial charge in [-0.25, -0.2) is 9.78 Å². The topological polar surface area (TPSA) is 66.9 Å². The van der Waals surface area contributed by atoms with Gasteiger partial charge in [-0.15, -0.1) is 0 Å². The Bertz CT molecular complexity index is 494. The lowest BCUT2D eigenvalue weighted by atomic mass is 10.2. The maximum absolute atomic E-state index is 11.4. The van der Waals surface area contributed by atoms with E-state index in [4.69, 9.17) is 25.8 Å². The number of ether oxygens (including phenoxy) is 4. The highest BCUT2D eigenvalue weighted by molar-refractivity contribution is 6.33. The van der Waals surface area contributed by atoms with Crippen LogP contribution < -0.4 is 4.74 Å². The molecule has 1 aliphatic heterocycles. The Kier molecular flexibility index (Phi) is 3.57. The Morgan fingerprint density at radius 3 is 2.61 bits per heavy atom. The van der Waals surface area contributed by atoms with Crippen molar-refractivity contribution >= 4 is 17.6 Å². The number of pyridine rings is 1. The number of hydrogen-bond donors (Lipinski definition) is 0. The molecule has 7 heteroatoms. The lowest BCUT2D eigenvalue weighted by molar-refractivity contribution is -0.0265. The van der Waals surface area contributed by atoms with Crippen LogP contribution in [-0.2, 0) is 14.2 Å². The Balaban J connectivity index is 2.42. The summed E-state index contributed by atoms with van der Waals surface area (Å²) in [6.45, 7) is 0. The van der Waals surface area contributed by atoms with Crippen molar-refractivity contribution in [2.45, 2.75) is 6.29 Å². The van der Waals surface area contributed by atoms with Crippen LogP contribution in [0.25, 0.3) is 0 Å². The minimum atomic E-state index is -0.684. The van der Waals surface area contributed by atoms with Crippen LogP contribution >= 0.6 is 11.6 Å². The molecule has 0 bridgehead atoms. The van der Waals surface area contributed by atoms with E-state index in [0.29, 0.717) is 5.56 Å². The van der Waals surface area contributed by atoms with Crippen LogP contribution in [0.3, 0.4) is 0 Å². The molecule has 0 atom stereocenters. The van der Waals surface area contributed by atoms with Crippen molar-refractivity contribution in [3.63, 3.8) is 0 Å². The SMILES string of the molecule is COC(=O)c1nc(OC)c(C2OC=CO2)cc1Cl. The van der Waals surface area contributed by atoms with Crippen molar-refractivity contribution in [2.75, 3.05) is 14.2 Å². The summed E-state index contributed by atoms with van der Waals surface area (Å²) in [6, 6.07) is 1.50. The van der Waals surface area contributed by atoms with E-state index in [9.17, 15) is 4.79 Å². The van der Waals surface area contributed by atoms with E-state index in [1.54, 1.807) is 0 Å². The normalized spacial score (nSPS) is 13.9. The van der Waals surface area contributed by atoms with Gasteiger partial charge in [0.2, 0.25) is 5.88 Å². The number of carbonyl (C=O) groups excluding carboxylic acids is 1. The van der Waals surface area contributed by atoms with Gasteiger partial charge in [0.05, 0.1) is 24.8 Å². The van der Waals surface area contributed by atoms with Gasteiger partial charge in [0.1, 0.15) is 12.5 Å². The third-order valence-electron chi connectivity index (χ3n) is 2.25. The third kappa shape index (κ3) is 2.19. The molecule has 6 nitrogen and oxygen atoms in total. The fraction of sp³-hybridized carbons (Fsp3) is 0.273. The molecule has 0 spiro atoms. The van der Waals surface area contributed by atoms with Crippen molar-refractivity contribution < 1.29 is 23.7 Å². The predicted octanol–water partition coefficient (Wildman–Crippen LogP) is 2.05. The molecule has 1 aromatic rings. The summed E-state index contributed by atoms with van der Waals surface area (Å²) >= 11 is 5.96. The molecular formula is C11H10ClNO5. The number of halogens is 1. The average molecular weight is 272 g/mol. The summed E-state index contributed by atoms with van der Waals surface area (Å²) < 4.78 is 20.0. The van der Waals surface area contributed by atoms with Gasteiger partial charge >= 0.3 is 5.97 Å². The number of rotatable bonds is 3. The summed E-state index contributed by atoms with van der Waals surface area (Å²) in [5.41, 5.74) is 0.464. The molecule has 0 aromatic carbocycles. The fourth-order valence-corrected chi connectivity index (χ4v) is 1.68. The van der Waals surface area contributed by atoms with Gasteiger partial charge < -0.3 is 18.9 Å². The minimum Gasteiger partial charge on any atom is -0.481 e. The molecule has 18 heavy (non-hydrogen) atoms. The Morgan fingerprint density at radius 2 is 2.06 bits per heavy atom. The molecule has 96 valence electrons. The Hall–Kier alpha value is -1.95. The van der Waals surface area contributed by atoms with Crippen LogP contribution in [0, 0.1) is 0 Å². The van der Waals surface area contributed by atoms with Gasteiger partial charge in [-0.3, -0.25) is 0 Å². The first-order valence-corrected chi connectivity index (χ1v) is 5.34. The first-order valence-electron chi connectivity index (χ1n) is 4.96. The monoisotopic (exact) mass is 271 g/mol. The lowest BCUT2D eigenvalue weighted by Crippen LogP contribution is -2.10. The average Bonchev–Trinajstić information content (AvgIpc) is 2.91. The quantitative estimate of drug-likeness (QED) is 0.784. The van der Waals surface area contributed by atoms with Crippen molar-refractivity contribution in [1.29, 1.82) is 0 Å². The molecule has 0 N–H and O–H groups in total. The summed E-state index contributed by atoms with van der Waals surface area (Å²) in [7, 11) is 2.66. The number of carbonyl (C=O) groups is 1. The molecule has 0 fully saturated rings. The zero-order chi connectivity index (χ0) is 13.1. The second-order valence-electron chi connectivity index (χ2n) is 3.29. The van der Waals surface area contributed by atoms with Crippen LogP contribution in [0.4, 0.5) is 0 Å². The zero-order valence-electron chi connectivity index (χ0n) is 9.68. The van der Waals surface area contributed by atoms with Crippen molar-refractivity contribution in [2.24, 2.45) is 0 Å². The predicted molar refractivity (Wildman–Crippen MR) is 61.2 cm³/mol. The van der Waals surface area contributed by atoms with E-state index >= 15 is 0 Å². The minimum absolute atomic E-state index is 0.0225. The van der Waals surface area contributed by atoms with Crippen molar-refractivity contribution in [1.82, 2.24) is 4.98 Å². The number of hydrogen-bond acceptors (Lipinski definition) is 6. The first kappa shape index (κ1) is 12.5. The molecule has 0 radical (unpaired) electrons. The fourth-order valence-electron chi connectivity index (χ4n) is 1.44.